The van der Waals surface area contributed by atoms with Gasteiger partial charge in [-0.1, -0.05) is 72.3 Å². The minimum absolute atomic E-state index is 0.0718. The molecule has 43 heavy (non-hydrogen) atoms. The molecule has 0 atom stereocenters. The third kappa shape index (κ3) is 7.36. The van der Waals surface area contributed by atoms with Gasteiger partial charge in [-0.25, -0.2) is 0 Å². The molecule has 0 saturated heterocycles. The maximum atomic E-state index is 12.9. The van der Waals surface area contributed by atoms with Crippen molar-refractivity contribution in [3.8, 4) is 23.3 Å². The summed E-state index contributed by atoms with van der Waals surface area (Å²) >= 11 is 9.75. The highest BCUT2D eigenvalue weighted by Crippen LogP contribution is 2.38. The summed E-state index contributed by atoms with van der Waals surface area (Å²) in [6.07, 6.45) is 1.50. The van der Waals surface area contributed by atoms with Crippen LogP contribution in [-0.2, 0) is 18.0 Å². The molecule has 0 aliphatic heterocycles. The number of methoxy groups -OCH3 is 1. The van der Waals surface area contributed by atoms with Gasteiger partial charge in [-0.2, -0.15) is 5.26 Å². The first kappa shape index (κ1) is 29.7. The van der Waals surface area contributed by atoms with E-state index in [1.165, 1.54) is 6.08 Å². The number of nitrogens with one attached hydrogen (secondary N) is 1. The molecule has 1 amide bonds. The van der Waals surface area contributed by atoms with E-state index in [-0.39, 0.29) is 5.57 Å². The van der Waals surface area contributed by atoms with Gasteiger partial charge in [0.25, 0.3) is 5.91 Å². The van der Waals surface area contributed by atoms with E-state index in [1.807, 2.05) is 54.6 Å². The van der Waals surface area contributed by atoms with E-state index in [0.29, 0.717) is 51.2 Å². The second-order valence-electron chi connectivity index (χ2n) is 9.49. The molecular formula is C35H26BrClN2O4. The lowest BCUT2D eigenvalue weighted by Gasteiger charge is -2.15. The zero-order chi connectivity index (χ0) is 30.2. The molecule has 0 saturated carbocycles. The number of anilines is 1. The smallest absolute Gasteiger partial charge is 0.266 e. The molecule has 0 bridgehead atoms. The van der Waals surface area contributed by atoms with Crippen molar-refractivity contribution >= 4 is 56.0 Å². The van der Waals surface area contributed by atoms with Crippen LogP contribution in [0.5, 0.6) is 17.2 Å². The summed E-state index contributed by atoms with van der Waals surface area (Å²) in [5.74, 6) is 1.06. The van der Waals surface area contributed by atoms with Crippen LogP contribution in [0.15, 0.2) is 113 Å². The lowest BCUT2D eigenvalue weighted by Crippen LogP contribution is -2.13. The summed E-state index contributed by atoms with van der Waals surface area (Å²) in [5, 5.41) is 15.4. The first-order valence-corrected chi connectivity index (χ1v) is 14.5. The molecule has 6 nitrogen and oxygen atoms in total. The zero-order valence-corrected chi connectivity index (χ0v) is 25.5. The van der Waals surface area contributed by atoms with E-state index >= 15 is 0 Å². The summed E-state index contributed by atoms with van der Waals surface area (Å²) in [5.41, 5.74) is 2.96. The number of benzene rings is 5. The average Bonchev–Trinajstić information content (AvgIpc) is 3.03. The minimum atomic E-state index is -0.543. The monoisotopic (exact) mass is 652 g/mol. The van der Waals surface area contributed by atoms with Gasteiger partial charge in [-0.15, -0.1) is 0 Å². The summed E-state index contributed by atoms with van der Waals surface area (Å²) in [7, 11) is 1.54. The highest BCUT2D eigenvalue weighted by molar-refractivity contribution is 9.10. The molecule has 0 aromatic heterocycles. The van der Waals surface area contributed by atoms with Crippen LogP contribution in [0.25, 0.3) is 16.8 Å². The molecule has 5 aromatic rings. The number of halogens is 2. The molecule has 0 unspecified atom stereocenters. The summed E-state index contributed by atoms with van der Waals surface area (Å²) in [6, 6.07) is 34.0. The van der Waals surface area contributed by atoms with E-state index in [4.69, 9.17) is 25.8 Å². The lowest BCUT2D eigenvalue weighted by molar-refractivity contribution is -0.112. The Morgan fingerprint density at radius 2 is 1.60 bits per heavy atom. The van der Waals surface area contributed by atoms with Crippen molar-refractivity contribution < 1.29 is 19.0 Å². The van der Waals surface area contributed by atoms with Crippen molar-refractivity contribution in [3.63, 3.8) is 0 Å². The maximum Gasteiger partial charge on any atom is 0.266 e. The Hall–Kier alpha value is -4.77. The number of fused-ring (bicyclic) bond motifs is 1. The van der Waals surface area contributed by atoms with Gasteiger partial charge in [-0.3, -0.25) is 4.79 Å². The van der Waals surface area contributed by atoms with Gasteiger partial charge in [0.05, 0.1) is 11.6 Å². The number of hydrogen-bond acceptors (Lipinski definition) is 5. The van der Waals surface area contributed by atoms with Crippen LogP contribution in [-0.4, -0.2) is 13.0 Å². The van der Waals surface area contributed by atoms with Gasteiger partial charge in [0.2, 0.25) is 0 Å². The maximum absolute atomic E-state index is 12.9. The van der Waals surface area contributed by atoms with Crippen LogP contribution in [0.4, 0.5) is 5.69 Å². The van der Waals surface area contributed by atoms with Crippen molar-refractivity contribution in [2.45, 2.75) is 13.2 Å². The van der Waals surface area contributed by atoms with Gasteiger partial charge in [0.15, 0.2) is 11.5 Å². The lowest BCUT2D eigenvalue weighted by atomic mass is 10.1. The molecule has 8 heteroatoms. The number of ether oxygens (including phenoxy) is 3. The number of rotatable bonds is 10. The third-order valence-electron chi connectivity index (χ3n) is 6.64. The minimum Gasteiger partial charge on any atom is -0.493 e. The Morgan fingerprint density at radius 3 is 2.37 bits per heavy atom. The van der Waals surface area contributed by atoms with Gasteiger partial charge < -0.3 is 19.5 Å². The topological polar surface area (TPSA) is 80.6 Å². The van der Waals surface area contributed by atoms with Gasteiger partial charge in [0.1, 0.15) is 30.6 Å². The van der Waals surface area contributed by atoms with Crippen LogP contribution in [0.3, 0.4) is 0 Å². The van der Waals surface area contributed by atoms with Crippen LogP contribution < -0.4 is 19.5 Å². The van der Waals surface area contributed by atoms with E-state index < -0.39 is 5.91 Å². The van der Waals surface area contributed by atoms with E-state index in [0.717, 1.165) is 21.9 Å². The first-order chi connectivity index (χ1) is 20.9. The molecule has 1 N–H and O–H groups in total. The first-order valence-electron chi connectivity index (χ1n) is 13.3. The van der Waals surface area contributed by atoms with Gasteiger partial charge in [-0.05, 0) is 86.4 Å². The second kappa shape index (κ2) is 13.9. The fraction of sp³-hybridized carbons (Fsp3) is 0.0857. The summed E-state index contributed by atoms with van der Waals surface area (Å²) in [6.45, 7) is 0.653. The molecule has 0 aliphatic carbocycles. The Bertz CT molecular complexity index is 1840. The van der Waals surface area contributed by atoms with Crippen molar-refractivity contribution in [1.82, 2.24) is 0 Å². The number of carbonyl (C=O) groups is 1. The van der Waals surface area contributed by atoms with Crippen LogP contribution in [0.1, 0.15) is 16.7 Å². The number of carbonyl (C=O) groups excluding carboxylic acids is 1. The zero-order valence-electron chi connectivity index (χ0n) is 23.1. The summed E-state index contributed by atoms with van der Waals surface area (Å²) in [4.78, 5) is 12.9. The fourth-order valence-corrected chi connectivity index (χ4v) is 5.22. The molecule has 0 aliphatic rings. The van der Waals surface area contributed by atoms with Gasteiger partial charge in [0, 0.05) is 16.3 Å². The Kier molecular flexibility index (Phi) is 9.63. The number of amides is 1. The molecule has 5 rings (SSSR count). The van der Waals surface area contributed by atoms with Crippen LogP contribution in [0.2, 0.25) is 5.02 Å². The van der Waals surface area contributed by atoms with E-state index in [2.05, 4.69) is 39.4 Å². The highest BCUT2D eigenvalue weighted by Gasteiger charge is 2.15. The molecule has 5 aromatic carbocycles. The van der Waals surface area contributed by atoms with Crippen molar-refractivity contribution in [1.29, 1.82) is 5.26 Å². The fourth-order valence-electron chi connectivity index (χ4n) is 4.46. The molecule has 0 fully saturated rings. The standard InChI is InChI=1S/C35H26BrClN2O4/c1-41-33-19-23(18-31(36)34(33)43-21-25-10-6-9-24-7-2-4-11-30(24)25)17-27(20-38)35(40)39-28-13-15-29(16-14-28)42-22-26-8-3-5-12-32(26)37/h2-19H,21-22H2,1H3,(H,39,40)/b27-17+. The predicted molar refractivity (Wildman–Crippen MR) is 173 cm³/mol. The van der Waals surface area contributed by atoms with Crippen molar-refractivity contribution in [2.75, 3.05) is 12.4 Å². The number of hydrogen-bond donors (Lipinski definition) is 1. The van der Waals surface area contributed by atoms with Crippen LogP contribution in [0, 0.1) is 11.3 Å². The normalized spacial score (nSPS) is 11.1. The SMILES string of the molecule is COc1cc(/C=C(\C#N)C(=O)Nc2ccc(OCc3ccccc3Cl)cc2)cc(Br)c1OCc1cccc2ccccc12. The molecule has 0 heterocycles. The molecule has 0 spiro atoms. The third-order valence-corrected chi connectivity index (χ3v) is 7.60. The quantitative estimate of drug-likeness (QED) is 0.120. The Labute approximate surface area is 263 Å². The Morgan fingerprint density at radius 1 is 0.907 bits per heavy atom. The van der Waals surface area contributed by atoms with E-state index in [9.17, 15) is 10.1 Å². The second-order valence-corrected chi connectivity index (χ2v) is 10.8. The molecule has 0 radical (unpaired) electrons. The van der Waals surface area contributed by atoms with Crippen molar-refractivity contribution in [2.24, 2.45) is 0 Å². The van der Waals surface area contributed by atoms with Crippen LogP contribution >= 0.6 is 27.5 Å². The number of nitriles is 1. The highest BCUT2D eigenvalue weighted by atomic mass is 79.9. The van der Waals surface area contributed by atoms with Crippen molar-refractivity contribution in [3.05, 3.63) is 135 Å². The largest absolute Gasteiger partial charge is 0.493 e. The predicted octanol–water partition coefficient (Wildman–Crippen LogP) is 8.97. The number of nitrogens with zero attached hydrogens (tertiary/aromatic N) is 1. The average molecular weight is 654 g/mol. The van der Waals surface area contributed by atoms with Gasteiger partial charge >= 0.3 is 0 Å². The molecule has 214 valence electrons. The Balaban J connectivity index is 1.26. The molecular weight excluding hydrogens is 628 g/mol. The van der Waals surface area contributed by atoms with E-state index in [1.54, 1.807) is 43.5 Å². The summed E-state index contributed by atoms with van der Waals surface area (Å²) < 4.78 is 18.2.